The van der Waals surface area contributed by atoms with Crippen LogP contribution in [0.1, 0.15) is 37.0 Å². The fraction of sp³-hybridized carbons (Fsp3) is 0.353. The third kappa shape index (κ3) is 6.34. The molecule has 0 atom stereocenters. The van der Waals surface area contributed by atoms with Crippen molar-refractivity contribution in [1.29, 1.82) is 0 Å². The highest BCUT2D eigenvalue weighted by molar-refractivity contribution is 5.89. The number of carbonyl (C=O) groups is 1. The lowest BCUT2D eigenvalue weighted by molar-refractivity contribution is 0.0540. The second-order valence-electron chi connectivity index (χ2n) is 4.76. The molecule has 0 amide bonds. The van der Waals surface area contributed by atoms with Crippen molar-refractivity contribution < 1.29 is 14.6 Å². The molecule has 0 heterocycles. The molecule has 1 aromatic rings. The number of ether oxygens (including phenoxy) is 1. The number of hydrogen-bond donors (Lipinski definition) is 1. The number of rotatable bonds is 7. The van der Waals surface area contributed by atoms with Crippen LogP contribution >= 0.6 is 0 Å². The number of benzene rings is 1. The SMILES string of the molecule is C/C(=C\CO)CC/C=C(\C)COC(=O)c1ccccc1. The van der Waals surface area contributed by atoms with Crippen LogP contribution in [-0.2, 0) is 4.74 Å². The molecule has 0 aliphatic carbocycles. The first-order chi connectivity index (χ1) is 9.63. The van der Waals surface area contributed by atoms with Gasteiger partial charge >= 0.3 is 5.97 Å². The Morgan fingerprint density at radius 3 is 2.50 bits per heavy atom. The molecule has 108 valence electrons. The van der Waals surface area contributed by atoms with E-state index in [4.69, 9.17) is 9.84 Å². The summed E-state index contributed by atoms with van der Waals surface area (Å²) in [6, 6.07) is 8.98. The van der Waals surface area contributed by atoms with E-state index < -0.39 is 0 Å². The smallest absolute Gasteiger partial charge is 0.338 e. The zero-order valence-corrected chi connectivity index (χ0v) is 12.1. The molecule has 1 rings (SSSR count). The number of allylic oxidation sites excluding steroid dienone is 2. The summed E-state index contributed by atoms with van der Waals surface area (Å²) < 4.78 is 5.23. The van der Waals surface area contributed by atoms with Crippen LogP contribution in [0.2, 0.25) is 0 Å². The van der Waals surface area contributed by atoms with Gasteiger partial charge in [0.15, 0.2) is 0 Å². The highest BCUT2D eigenvalue weighted by Crippen LogP contribution is 2.08. The molecular formula is C17H22O3. The normalized spacial score (nSPS) is 12.3. The van der Waals surface area contributed by atoms with Crippen molar-refractivity contribution in [3.05, 3.63) is 59.2 Å². The van der Waals surface area contributed by atoms with Gasteiger partial charge in [-0.2, -0.15) is 0 Å². The molecular weight excluding hydrogens is 252 g/mol. The van der Waals surface area contributed by atoms with Crippen LogP contribution in [0.3, 0.4) is 0 Å². The van der Waals surface area contributed by atoms with E-state index in [0.29, 0.717) is 12.2 Å². The van der Waals surface area contributed by atoms with Gasteiger partial charge in [-0.05, 0) is 44.4 Å². The molecule has 3 heteroatoms. The Kier molecular flexibility index (Phi) is 7.36. The van der Waals surface area contributed by atoms with E-state index in [1.807, 2.05) is 32.0 Å². The van der Waals surface area contributed by atoms with Gasteiger partial charge in [0.05, 0.1) is 12.2 Å². The van der Waals surface area contributed by atoms with Crippen LogP contribution in [-0.4, -0.2) is 24.3 Å². The van der Waals surface area contributed by atoms with Gasteiger partial charge in [-0.3, -0.25) is 0 Å². The number of aliphatic hydroxyl groups is 1. The lowest BCUT2D eigenvalue weighted by Gasteiger charge is -2.05. The molecule has 0 fully saturated rings. The van der Waals surface area contributed by atoms with Crippen molar-refractivity contribution in [1.82, 2.24) is 0 Å². The Hall–Kier alpha value is -1.87. The van der Waals surface area contributed by atoms with E-state index in [1.165, 1.54) is 0 Å². The summed E-state index contributed by atoms with van der Waals surface area (Å²) in [7, 11) is 0. The lowest BCUT2D eigenvalue weighted by Crippen LogP contribution is -2.06. The minimum atomic E-state index is -0.297. The third-order valence-electron chi connectivity index (χ3n) is 2.91. The largest absolute Gasteiger partial charge is 0.458 e. The molecule has 0 aromatic heterocycles. The Morgan fingerprint density at radius 2 is 1.85 bits per heavy atom. The van der Waals surface area contributed by atoms with Gasteiger partial charge < -0.3 is 9.84 Å². The first kappa shape index (κ1) is 16.2. The second-order valence-corrected chi connectivity index (χ2v) is 4.76. The number of carbonyl (C=O) groups excluding carboxylic acids is 1. The molecule has 0 spiro atoms. The van der Waals surface area contributed by atoms with E-state index in [1.54, 1.807) is 18.2 Å². The molecule has 0 saturated carbocycles. The minimum Gasteiger partial charge on any atom is -0.458 e. The molecule has 0 unspecified atom stereocenters. The van der Waals surface area contributed by atoms with Crippen molar-refractivity contribution in [2.75, 3.05) is 13.2 Å². The number of aliphatic hydroxyl groups excluding tert-OH is 1. The maximum Gasteiger partial charge on any atom is 0.338 e. The minimum absolute atomic E-state index is 0.0865. The van der Waals surface area contributed by atoms with Crippen molar-refractivity contribution in [3.63, 3.8) is 0 Å². The van der Waals surface area contributed by atoms with Gasteiger partial charge in [-0.25, -0.2) is 4.79 Å². The molecule has 0 bridgehead atoms. The van der Waals surface area contributed by atoms with Gasteiger partial charge in [0.25, 0.3) is 0 Å². The van der Waals surface area contributed by atoms with Crippen LogP contribution in [0.25, 0.3) is 0 Å². The zero-order valence-electron chi connectivity index (χ0n) is 12.1. The van der Waals surface area contributed by atoms with Gasteiger partial charge in [0, 0.05) is 0 Å². The molecule has 1 aromatic carbocycles. The van der Waals surface area contributed by atoms with Crippen LogP contribution in [0, 0.1) is 0 Å². The molecule has 0 aliphatic rings. The Balaban J connectivity index is 2.34. The molecule has 3 nitrogen and oxygen atoms in total. The third-order valence-corrected chi connectivity index (χ3v) is 2.91. The number of hydrogen-bond acceptors (Lipinski definition) is 3. The monoisotopic (exact) mass is 274 g/mol. The lowest BCUT2D eigenvalue weighted by atomic mass is 10.1. The molecule has 0 saturated heterocycles. The van der Waals surface area contributed by atoms with Crippen LogP contribution in [0.15, 0.2) is 53.6 Å². The van der Waals surface area contributed by atoms with E-state index in [9.17, 15) is 4.79 Å². The molecule has 0 radical (unpaired) electrons. The average molecular weight is 274 g/mol. The van der Waals surface area contributed by atoms with E-state index in [-0.39, 0.29) is 12.6 Å². The van der Waals surface area contributed by atoms with Gasteiger partial charge in [-0.15, -0.1) is 0 Å². The van der Waals surface area contributed by atoms with Gasteiger partial charge in [0.1, 0.15) is 6.61 Å². The highest BCUT2D eigenvalue weighted by atomic mass is 16.5. The molecule has 1 N–H and O–H groups in total. The zero-order chi connectivity index (χ0) is 14.8. The molecule has 0 aliphatic heterocycles. The van der Waals surface area contributed by atoms with E-state index in [0.717, 1.165) is 24.0 Å². The van der Waals surface area contributed by atoms with Crippen molar-refractivity contribution in [3.8, 4) is 0 Å². The maximum atomic E-state index is 11.7. The molecule has 20 heavy (non-hydrogen) atoms. The summed E-state index contributed by atoms with van der Waals surface area (Å²) in [5, 5.41) is 8.75. The van der Waals surface area contributed by atoms with Crippen LogP contribution in [0.5, 0.6) is 0 Å². The predicted molar refractivity (Wildman–Crippen MR) is 80.6 cm³/mol. The standard InChI is InChI=1S/C17H22O3/c1-14(11-12-18)7-6-8-15(2)13-20-17(19)16-9-4-3-5-10-16/h3-5,8-11,18H,6-7,12-13H2,1-2H3/b14-11+,15-8+. The topological polar surface area (TPSA) is 46.5 Å². The summed E-state index contributed by atoms with van der Waals surface area (Å²) in [6.07, 6.45) is 5.66. The predicted octanol–water partition coefficient (Wildman–Crippen LogP) is 3.51. The summed E-state index contributed by atoms with van der Waals surface area (Å²) >= 11 is 0. The van der Waals surface area contributed by atoms with Gasteiger partial charge in [0.2, 0.25) is 0 Å². The summed E-state index contributed by atoms with van der Waals surface area (Å²) in [5.41, 5.74) is 2.77. The van der Waals surface area contributed by atoms with Crippen molar-refractivity contribution in [2.45, 2.75) is 26.7 Å². The summed E-state index contributed by atoms with van der Waals surface area (Å²) in [4.78, 5) is 11.7. The first-order valence-electron chi connectivity index (χ1n) is 6.77. The fourth-order valence-corrected chi connectivity index (χ4v) is 1.70. The summed E-state index contributed by atoms with van der Waals surface area (Å²) in [6.45, 7) is 4.35. The number of esters is 1. The maximum absolute atomic E-state index is 11.7. The van der Waals surface area contributed by atoms with Crippen LogP contribution < -0.4 is 0 Å². The Bertz CT molecular complexity index is 472. The Labute approximate surface area is 120 Å². The fourth-order valence-electron chi connectivity index (χ4n) is 1.70. The second kappa shape index (κ2) is 9.10. The van der Waals surface area contributed by atoms with Crippen LogP contribution in [0.4, 0.5) is 0 Å². The van der Waals surface area contributed by atoms with Crippen molar-refractivity contribution >= 4 is 5.97 Å². The van der Waals surface area contributed by atoms with E-state index in [2.05, 4.69) is 6.08 Å². The first-order valence-corrected chi connectivity index (χ1v) is 6.77. The van der Waals surface area contributed by atoms with Gasteiger partial charge in [-0.1, -0.05) is 35.9 Å². The quantitative estimate of drug-likeness (QED) is 0.611. The highest BCUT2D eigenvalue weighted by Gasteiger charge is 2.05. The average Bonchev–Trinajstić information content (AvgIpc) is 2.46. The van der Waals surface area contributed by atoms with E-state index >= 15 is 0 Å². The Morgan fingerprint density at radius 1 is 1.15 bits per heavy atom. The summed E-state index contributed by atoms with van der Waals surface area (Å²) in [5.74, 6) is -0.297. The van der Waals surface area contributed by atoms with Crippen molar-refractivity contribution in [2.24, 2.45) is 0 Å².